The number of nitrogens with zero attached hydrogens (tertiary/aromatic N) is 1. The number of aliphatic carboxylic acids is 1. The van der Waals surface area contributed by atoms with E-state index in [9.17, 15) is 14.7 Å². The number of likely N-dealkylation sites (tertiary alicyclic amines) is 1. The Labute approximate surface area is 140 Å². The Morgan fingerprint density at radius 3 is 2.88 bits per heavy atom. The number of fused-ring (bicyclic) bond motifs is 1. The van der Waals surface area contributed by atoms with E-state index in [1.54, 1.807) is 6.08 Å². The number of benzene rings is 1. The van der Waals surface area contributed by atoms with Gasteiger partial charge in [0.2, 0.25) is 5.91 Å². The number of ether oxygens (including phenoxy) is 1. The second kappa shape index (κ2) is 5.45. The van der Waals surface area contributed by atoms with Gasteiger partial charge in [-0.25, -0.2) is 0 Å². The molecule has 0 aliphatic carbocycles. The van der Waals surface area contributed by atoms with Crippen LogP contribution in [0.15, 0.2) is 42.5 Å². The largest absolute Gasteiger partial charge is 0.481 e. The van der Waals surface area contributed by atoms with E-state index in [0.717, 1.165) is 12.8 Å². The maximum Gasteiger partial charge on any atom is 0.310 e. The summed E-state index contributed by atoms with van der Waals surface area (Å²) < 4.78 is 5.92. The monoisotopic (exact) mass is 327 g/mol. The molecular formula is C19H21NO4. The Morgan fingerprint density at radius 1 is 1.42 bits per heavy atom. The maximum absolute atomic E-state index is 12.9. The van der Waals surface area contributed by atoms with Crippen molar-refractivity contribution in [3.05, 3.63) is 48.0 Å². The topological polar surface area (TPSA) is 66.8 Å². The molecule has 1 aromatic rings. The third-order valence-electron chi connectivity index (χ3n) is 5.64. The number of carbonyl (C=O) groups excluding carboxylic acids is 1. The normalized spacial score (nSPS) is 34.6. The number of carboxylic acids is 1. The van der Waals surface area contributed by atoms with Crippen molar-refractivity contribution < 1.29 is 19.4 Å². The molecule has 2 fully saturated rings. The summed E-state index contributed by atoms with van der Waals surface area (Å²) in [4.78, 5) is 26.3. The number of hydrogen-bond donors (Lipinski definition) is 1. The Hall–Kier alpha value is -2.14. The first-order chi connectivity index (χ1) is 11.5. The summed E-state index contributed by atoms with van der Waals surface area (Å²) in [5.41, 5.74) is 0.515. The van der Waals surface area contributed by atoms with Crippen LogP contribution in [0.25, 0.3) is 0 Å². The van der Waals surface area contributed by atoms with Crippen molar-refractivity contribution >= 4 is 11.9 Å². The molecule has 0 unspecified atom stereocenters. The van der Waals surface area contributed by atoms with Gasteiger partial charge in [0.15, 0.2) is 0 Å². The van der Waals surface area contributed by atoms with Crippen molar-refractivity contribution in [3.63, 3.8) is 0 Å². The summed E-state index contributed by atoms with van der Waals surface area (Å²) in [7, 11) is 0. The first-order valence-electron chi connectivity index (χ1n) is 8.46. The summed E-state index contributed by atoms with van der Waals surface area (Å²) in [5, 5.41) is 9.49. The van der Waals surface area contributed by atoms with Gasteiger partial charge < -0.3 is 14.7 Å². The molecule has 1 amide bonds. The van der Waals surface area contributed by atoms with Crippen LogP contribution in [0.3, 0.4) is 0 Å². The minimum atomic E-state index is -0.941. The van der Waals surface area contributed by atoms with Crippen LogP contribution in [0, 0.1) is 11.8 Å². The average Bonchev–Trinajstić information content (AvgIpc) is 3.22. The molecule has 1 N–H and O–H groups in total. The van der Waals surface area contributed by atoms with Crippen LogP contribution in [0.2, 0.25) is 0 Å². The summed E-state index contributed by atoms with van der Waals surface area (Å²) in [6, 6.07) is 10.2. The minimum absolute atomic E-state index is 0.0585. The number of hydrogen-bond acceptors (Lipinski definition) is 3. The Bertz CT molecular complexity index is 701. The van der Waals surface area contributed by atoms with Gasteiger partial charge in [-0.15, -0.1) is 0 Å². The van der Waals surface area contributed by atoms with E-state index in [2.05, 4.69) is 12.1 Å². The van der Waals surface area contributed by atoms with Crippen molar-refractivity contribution in [3.8, 4) is 0 Å². The van der Waals surface area contributed by atoms with E-state index < -0.39 is 29.5 Å². The molecular weight excluding hydrogens is 306 g/mol. The molecule has 24 heavy (non-hydrogen) atoms. The summed E-state index contributed by atoms with van der Waals surface area (Å²) >= 11 is 0. The fourth-order valence-electron chi connectivity index (χ4n) is 4.36. The number of carbonyl (C=O) groups is 2. The molecule has 5 atom stereocenters. The molecule has 0 aromatic heterocycles. The van der Waals surface area contributed by atoms with Crippen LogP contribution >= 0.6 is 0 Å². The lowest BCUT2D eigenvalue weighted by atomic mass is 9.77. The van der Waals surface area contributed by atoms with Crippen molar-refractivity contribution in [2.24, 2.45) is 11.8 Å². The molecule has 3 aliphatic rings. The summed E-state index contributed by atoms with van der Waals surface area (Å²) in [6.45, 7) is 2.49. The number of aryl methyl sites for hydroxylation is 1. The molecule has 0 radical (unpaired) electrons. The standard InChI is InChI=1S/C19H21NO4/c1-12(7-8-13-5-3-2-4-6-13)20-11-19-10-9-14(24-19)15(18(22)23)16(19)17(20)21/h2-6,9-10,12,14-16H,7-8,11H2,1H3,(H,22,23)/t12-,14-,15-,16+,19-/m1/s1. The molecule has 126 valence electrons. The van der Waals surface area contributed by atoms with Crippen molar-refractivity contribution in [1.82, 2.24) is 4.90 Å². The molecule has 2 saturated heterocycles. The fourth-order valence-corrected chi connectivity index (χ4v) is 4.36. The van der Waals surface area contributed by atoms with Gasteiger partial charge in [-0.05, 0) is 25.3 Å². The molecule has 2 bridgehead atoms. The smallest absolute Gasteiger partial charge is 0.310 e. The highest BCUT2D eigenvalue weighted by Gasteiger charge is 2.67. The van der Waals surface area contributed by atoms with Crippen LogP contribution in [0.4, 0.5) is 0 Å². The second-order valence-corrected chi connectivity index (χ2v) is 7.08. The second-order valence-electron chi connectivity index (χ2n) is 7.08. The molecule has 1 aromatic carbocycles. The number of carboxylic acid groups (broad SMARTS) is 1. The van der Waals surface area contributed by atoms with Crippen molar-refractivity contribution in [1.29, 1.82) is 0 Å². The zero-order valence-corrected chi connectivity index (χ0v) is 13.6. The van der Waals surface area contributed by atoms with Gasteiger partial charge in [-0.2, -0.15) is 0 Å². The van der Waals surface area contributed by atoms with Crippen LogP contribution in [0.5, 0.6) is 0 Å². The van der Waals surface area contributed by atoms with Gasteiger partial charge >= 0.3 is 5.97 Å². The van der Waals surface area contributed by atoms with Crippen LogP contribution in [-0.2, 0) is 20.7 Å². The SMILES string of the molecule is C[C@H](CCc1ccccc1)N1C[C@@]23C=C[C@@H](O2)[C@@H](C(=O)O)[C@H]3C1=O. The zero-order valence-electron chi connectivity index (χ0n) is 13.6. The first kappa shape index (κ1) is 15.4. The third kappa shape index (κ3) is 2.18. The molecule has 5 nitrogen and oxygen atoms in total. The lowest BCUT2D eigenvalue weighted by Gasteiger charge is -2.27. The molecule has 5 heteroatoms. The van der Waals surface area contributed by atoms with E-state index in [1.807, 2.05) is 36.1 Å². The first-order valence-corrected chi connectivity index (χ1v) is 8.46. The fraction of sp³-hybridized carbons (Fsp3) is 0.474. The Morgan fingerprint density at radius 2 is 2.17 bits per heavy atom. The predicted molar refractivity (Wildman–Crippen MR) is 87.3 cm³/mol. The van der Waals surface area contributed by atoms with Crippen LogP contribution < -0.4 is 0 Å². The van der Waals surface area contributed by atoms with Gasteiger partial charge in [-0.3, -0.25) is 9.59 Å². The van der Waals surface area contributed by atoms with E-state index in [4.69, 9.17) is 4.74 Å². The maximum atomic E-state index is 12.9. The zero-order chi connectivity index (χ0) is 16.9. The minimum Gasteiger partial charge on any atom is -0.481 e. The molecule has 3 heterocycles. The lowest BCUT2D eigenvalue weighted by Crippen LogP contribution is -2.40. The Kier molecular flexibility index (Phi) is 3.49. The quantitative estimate of drug-likeness (QED) is 0.839. The summed E-state index contributed by atoms with van der Waals surface area (Å²) in [6.07, 6.45) is 5.00. The van der Waals surface area contributed by atoms with Gasteiger partial charge in [0, 0.05) is 6.04 Å². The highest BCUT2D eigenvalue weighted by molar-refractivity contribution is 5.90. The van der Waals surface area contributed by atoms with Crippen molar-refractivity contribution in [2.75, 3.05) is 6.54 Å². The van der Waals surface area contributed by atoms with E-state index in [0.29, 0.717) is 6.54 Å². The molecule has 1 spiro atoms. The highest BCUT2D eigenvalue weighted by Crippen LogP contribution is 2.52. The van der Waals surface area contributed by atoms with Gasteiger partial charge in [-0.1, -0.05) is 42.5 Å². The van der Waals surface area contributed by atoms with Crippen LogP contribution in [-0.4, -0.2) is 46.2 Å². The van der Waals surface area contributed by atoms with Gasteiger partial charge in [0.05, 0.1) is 18.6 Å². The van der Waals surface area contributed by atoms with E-state index in [-0.39, 0.29) is 11.9 Å². The molecule has 0 saturated carbocycles. The lowest BCUT2D eigenvalue weighted by molar-refractivity contribution is -0.148. The number of amides is 1. The van der Waals surface area contributed by atoms with Crippen molar-refractivity contribution in [2.45, 2.75) is 37.5 Å². The van der Waals surface area contributed by atoms with Gasteiger partial charge in [0.1, 0.15) is 11.5 Å². The van der Waals surface area contributed by atoms with Gasteiger partial charge in [0.25, 0.3) is 0 Å². The Balaban J connectivity index is 1.49. The number of rotatable bonds is 5. The highest BCUT2D eigenvalue weighted by atomic mass is 16.5. The summed E-state index contributed by atoms with van der Waals surface area (Å²) in [5.74, 6) is -2.35. The molecule has 3 aliphatic heterocycles. The average molecular weight is 327 g/mol. The predicted octanol–water partition coefficient (Wildman–Crippen LogP) is 1.87. The van der Waals surface area contributed by atoms with Crippen LogP contribution in [0.1, 0.15) is 18.9 Å². The van der Waals surface area contributed by atoms with E-state index >= 15 is 0 Å². The van der Waals surface area contributed by atoms with E-state index in [1.165, 1.54) is 5.56 Å². The third-order valence-corrected chi connectivity index (χ3v) is 5.64. The molecule has 4 rings (SSSR count).